The number of methoxy groups -OCH3 is 1. The van der Waals surface area contributed by atoms with Gasteiger partial charge in [0.2, 0.25) is 0 Å². The molecule has 0 radical (unpaired) electrons. The van der Waals surface area contributed by atoms with E-state index < -0.39 is 11.9 Å². The Morgan fingerprint density at radius 3 is 2.74 bits per heavy atom. The molecule has 0 bridgehead atoms. The second-order valence-corrected chi connectivity index (χ2v) is 5.45. The fourth-order valence-electron chi connectivity index (χ4n) is 2.19. The third-order valence-electron chi connectivity index (χ3n) is 3.93. The Bertz CT molecular complexity index is 501. The van der Waals surface area contributed by atoms with Crippen LogP contribution in [0.1, 0.15) is 30.6 Å². The van der Waals surface area contributed by atoms with Gasteiger partial charge in [-0.15, -0.1) is 0 Å². The van der Waals surface area contributed by atoms with Gasteiger partial charge in [-0.2, -0.15) is 0 Å². The largest absolute Gasteiger partial charge is 0.494 e. The summed E-state index contributed by atoms with van der Waals surface area (Å²) >= 11 is 0. The maximum absolute atomic E-state index is 13.3. The number of halogens is 1. The van der Waals surface area contributed by atoms with Crippen LogP contribution in [-0.4, -0.2) is 30.3 Å². The van der Waals surface area contributed by atoms with Crippen molar-refractivity contribution in [2.45, 2.75) is 32.4 Å². The van der Waals surface area contributed by atoms with Crippen molar-refractivity contribution in [1.29, 1.82) is 0 Å². The lowest BCUT2D eigenvalue weighted by atomic mass is 9.64. The minimum Gasteiger partial charge on any atom is -0.494 e. The number of nitrogens with one attached hydrogen (secondary N) is 1. The first-order valence-corrected chi connectivity index (χ1v) is 6.18. The Labute approximate surface area is 111 Å². The van der Waals surface area contributed by atoms with Gasteiger partial charge in [0, 0.05) is 17.0 Å². The fourth-order valence-corrected chi connectivity index (χ4v) is 2.19. The van der Waals surface area contributed by atoms with E-state index >= 15 is 0 Å². The van der Waals surface area contributed by atoms with E-state index in [1.165, 1.54) is 25.3 Å². The first kappa shape index (κ1) is 13.8. The minimum absolute atomic E-state index is 0.0422. The van der Waals surface area contributed by atoms with Crippen molar-refractivity contribution in [1.82, 2.24) is 5.32 Å². The summed E-state index contributed by atoms with van der Waals surface area (Å²) in [4.78, 5) is 12.1. The van der Waals surface area contributed by atoms with E-state index in [9.17, 15) is 14.3 Å². The zero-order valence-corrected chi connectivity index (χ0v) is 11.2. The third-order valence-corrected chi connectivity index (χ3v) is 3.93. The van der Waals surface area contributed by atoms with E-state index in [0.29, 0.717) is 12.0 Å². The number of carbonyl (C=O) groups excluding carboxylic acids is 1. The first-order valence-electron chi connectivity index (χ1n) is 6.18. The van der Waals surface area contributed by atoms with Crippen molar-refractivity contribution in [3.05, 3.63) is 29.6 Å². The smallest absolute Gasteiger partial charge is 0.251 e. The van der Waals surface area contributed by atoms with Crippen LogP contribution in [0.25, 0.3) is 0 Å². The lowest BCUT2D eigenvalue weighted by molar-refractivity contribution is -0.0689. The number of benzene rings is 1. The van der Waals surface area contributed by atoms with Crippen molar-refractivity contribution >= 4 is 5.91 Å². The number of hydrogen-bond acceptors (Lipinski definition) is 3. The molecule has 104 valence electrons. The molecule has 1 aliphatic rings. The molecule has 0 aliphatic heterocycles. The minimum atomic E-state index is -0.501. The Hall–Kier alpha value is -1.62. The summed E-state index contributed by atoms with van der Waals surface area (Å²) in [6.45, 7) is 3.80. The molecule has 2 atom stereocenters. The zero-order valence-electron chi connectivity index (χ0n) is 11.2. The van der Waals surface area contributed by atoms with Gasteiger partial charge in [0.25, 0.3) is 5.91 Å². The van der Waals surface area contributed by atoms with Gasteiger partial charge in [0.15, 0.2) is 11.6 Å². The Morgan fingerprint density at radius 1 is 1.53 bits per heavy atom. The maximum atomic E-state index is 13.3. The summed E-state index contributed by atoms with van der Waals surface area (Å²) in [5, 5.41) is 12.5. The molecule has 0 aromatic heterocycles. The highest BCUT2D eigenvalue weighted by Gasteiger charge is 2.47. The maximum Gasteiger partial charge on any atom is 0.251 e. The molecular weight excluding hydrogens is 249 g/mol. The van der Waals surface area contributed by atoms with Crippen molar-refractivity contribution in [3.63, 3.8) is 0 Å². The molecule has 1 aromatic rings. The summed E-state index contributed by atoms with van der Waals surface area (Å²) in [6.07, 6.45) is 0.136. The van der Waals surface area contributed by atoms with Crippen LogP contribution in [0.4, 0.5) is 4.39 Å². The molecule has 1 saturated carbocycles. The average molecular weight is 267 g/mol. The highest BCUT2D eigenvalue weighted by molar-refractivity contribution is 5.94. The van der Waals surface area contributed by atoms with Gasteiger partial charge >= 0.3 is 0 Å². The Kier molecular flexibility index (Phi) is 3.49. The second kappa shape index (κ2) is 4.81. The van der Waals surface area contributed by atoms with Crippen LogP contribution in [0.3, 0.4) is 0 Å². The molecule has 1 amide bonds. The number of carbonyl (C=O) groups is 1. The first-order chi connectivity index (χ1) is 8.86. The van der Waals surface area contributed by atoms with Crippen molar-refractivity contribution in [3.8, 4) is 5.75 Å². The van der Waals surface area contributed by atoms with E-state index in [-0.39, 0.29) is 23.1 Å². The Morgan fingerprint density at radius 2 is 2.21 bits per heavy atom. The summed E-state index contributed by atoms with van der Waals surface area (Å²) in [7, 11) is 1.35. The lowest BCUT2D eigenvalue weighted by Gasteiger charge is -2.49. The SMILES string of the molecule is COc1cc(C(=O)NC2CC(O)C2(C)C)ccc1F. The average Bonchev–Trinajstić information content (AvgIpc) is 2.38. The van der Waals surface area contributed by atoms with Crippen molar-refractivity contribution in [2.24, 2.45) is 5.41 Å². The number of amides is 1. The van der Waals surface area contributed by atoms with Gasteiger partial charge in [-0.1, -0.05) is 13.8 Å². The van der Waals surface area contributed by atoms with Crippen LogP contribution < -0.4 is 10.1 Å². The number of aliphatic hydroxyl groups is 1. The Balaban J connectivity index is 2.09. The molecule has 0 heterocycles. The summed E-state index contributed by atoms with van der Waals surface area (Å²) < 4.78 is 18.1. The second-order valence-electron chi connectivity index (χ2n) is 5.45. The van der Waals surface area contributed by atoms with Crippen LogP contribution in [0.15, 0.2) is 18.2 Å². The molecule has 1 aromatic carbocycles. The molecule has 0 spiro atoms. The monoisotopic (exact) mass is 267 g/mol. The molecule has 0 saturated heterocycles. The van der Waals surface area contributed by atoms with Crippen LogP contribution >= 0.6 is 0 Å². The molecule has 5 heteroatoms. The molecule has 2 rings (SSSR count). The number of hydrogen-bond donors (Lipinski definition) is 2. The van der Waals surface area contributed by atoms with Crippen LogP contribution in [0.2, 0.25) is 0 Å². The normalized spacial score (nSPS) is 24.5. The topological polar surface area (TPSA) is 58.6 Å². The zero-order chi connectivity index (χ0) is 14.2. The number of rotatable bonds is 3. The van der Waals surface area contributed by atoms with E-state index in [4.69, 9.17) is 4.74 Å². The van der Waals surface area contributed by atoms with Gasteiger partial charge in [-0.05, 0) is 24.6 Å². The van der Waals surface area contributed by atoms with E-state index in [2.05, 4.69) is 5.32 Å². The van der Waals surface area contributed by atoms with Crippen LogP contribution in [0, 0.1) is 11.2 Å². The summed E-state index contributed by atoms with van der Waals surface area (Å²) in [5.41, 5.74) is 0.00944. The number of ether oxygens (including phenoxy) is 1. The fraction of sp³-hybridized carbons (Fsp3) is 0.500. The van der Waals surface area contributed by atoms with E-state index in [0.717, 1.165) is 0 Å². The van der Waals surface area contributed by atoms with Crippen molar-refractivity contribution in [2.75, 3.05) is 7.11 Å². The predicted molar refractivity (Wildman–Crippen MR) is 68.6 cm³/mol. The summed E-state index contributed by atoms with van der Waals surface area (Å²) in [6, 6.07) is 3.90. The van der Waals surface area contributed by atoms with E-state index in [1.54, 1.807) is 0 Å². The predicted octanol–water partition coefficient (Wildman–Crippen LogP) is 1.72. The highest BCUT2D eigenvalue weighted by Crippen LogP contribution is 2.40. The highest BCUT2D eigenvalue weighted by atomic mass is 19.1. The van der Waals surface area contributed by atoms with E-state index in [1.807, 2.05) is 13.8 Å². The van der Waals surface area contributed by atoms with Crippen LogP contribution in [0.5, 0.6) is 5.75 Å². The third kappa shape index (κ3) is 2.42. The van der Waals surface area contributed by atoms with Crippen LogP contribution in [-0.2, 0) is 0 Å². The molecule has 19 heavy (non-hydrogen) atoms. The van der Waals surface area contributed by atoms with Gasteiger partial charge in [0.05, 0.1) is 13.2 Å². The lowest BCUT2D eigenvalue weighted by Crippen LogP contribution is -2.61. The molecule has 4 nitrogen and oxygen atoms in total. The van der Waals surface area contributed by atoms with Gasteiger partial charge in [0.1, 0.15) is 0 Å². The molecule has 1 fully saturated rings. The standard InChI is InChI=1S/C14H18FNO3/c1-14(2)11(7-12(14)17)16-13(18)8-4-5-9(15)10(6-8)19-3/h4-6,11-12,17H,7H2,1-3H3,(H,16,18). The van der Waals surface area contributed by atoms with Gasteiger partial charge in [-0.25, -0.2) is 4.39 Å². The summed E-state index contributed by atoms with van der Waals surface area (Å²) in [5.74, 6) is -0.748. The van der Waals surface area contributed by atoms with Gasteiger partial charge in [-0.3, -0.25) is 4.79 Å². The molecule has 2 unspecified atom stereocenters. The van der Waals surface area contributed by atoms with Crippen molar-refractivity contribution < 1.29 is 19.0 Å². The molecular formula is C14H18FNO3. The number of aliphatic hydroxyl groups excluding tert-OH is 1. The quantitative estimate of drug-likeness (QED) is 0.876. The molecule has 1 aliphatic carbocycles. The van der Waals surface area contributed by atoms with Gasteiger partial charge < -0.3 is 15.2 Å². The molecule has 2 N–H and O–H groups in total.